The first-order valence-electron chi connectivity index (χ1n) is 3.42. The first kappa shape index (κ1) is 7.41. The second-order valence-corrected chi connectivity index (χ2v) is 2.50. The van der Waals surface area contributed by atoms with Crippen molar-refractivity contribution in [2.75, 3.05) is 6.61 Å². The van der Waals surface area contributed by atoms with Crippen LogP contribution in [-0.2, 0) is 9.59 Å². The minimum atomic E-state index is -0.481. The van der Waals surface area contributed by atoms with Crippen LogP contribution in [0.25, 0.3) is 0 Å². The molecule has 0 unspecified atom stereocenters. The van der Waals surface area contributed by atoms with Crippen molar-refractivity contribution in [2.24, 2.45) is 5.92 Å². The van der Waals surface area contributed by atoms with Crippen molar-refractivity contribution in [2.45, 2.75) is 19.3 Å². The zero-order chi connectivity index (χ0) is 7.56. The van der Waals surface area contributed by atoms with Crippen molar-refractivity contribution in [1.82, 2.24) is 0 Å². The van der Waals surface area contributed by atoms with Crippen molar-refractivity contribution in [3.05, 3.63) is 0 Å². The summed E-state index contributed by atoms with van der Waals surface area (Å²) < 4.78 is 0. The van der Waals surface area contributed by atoms with Gasteiger partial charge in [-0.1, -0.05) is 0 Å². The number of aliphatic hydroxyl groups excluding tert-OH is 1. The number of carbonyl (C=O) groups is 2. The molecule has 0 spiro atoms. The topological polar surface area (TPSA) is 54.4 Å². The van der Waals surface area contributed by atoms with Gasteiger partial charge in [0.1, 0.15) is 11.6 Å². The summed E-state index contributed by atoms with van der Waals surface area (Å²) in [7, 11) is 0. The van der Waals surface area contributed by atoms with Crippen LogP contribution < -0.4 is 0 Å². The van der Waals surface area contributed by atoms with E-state index < -0.39 is 5.92 Å². The van der Waals surface area contributed by atoms with E-state index >= 15 is 0 Å². The Morgan fingerprint density at radius 3 is 2.20 bits per heavy atom. The largest absolute Gasteiger partial charge is 0.396 e. The third-order valence-electron chi connectivity index (χ3n) is 1.81. The minimum Gasteiger partial charge on any atom is -0.396 e. The summed E-state index contributed by atoms with van der Waals surface area (Å²) in [6.45, 7) is -0.0673. The first-order valence-corrected chi connectivity index (χ1v) is 3.42. The molecule has 3 nitrogen and oxygen atoms in total. The van der Waals surface area contributed by atoms with E-state index in [4.69, 9.17) is 5.11 Å². The lowest BCUT2D eigenvalue weighted by Gasteiger charge is -2.00. The predicted molar refractivity (Wildman–Crippen MR) is 34.4 cm³/mol. The molecule has 0 aromatic heterocycles. The molecule has 1 saturated carbocycles. The maximum Gasteiger partial charge on any atom is 0.143 e. The maximum atomic E-state index is 10.8. The Bertz CT molecular complexity index is 146. The van der Waals surface area contributed by atoms with Gasteiger partial charge in [0, 0.05) is 19.4 Å². The number of ketones is 2. The summed E-state index contributed by atoms with van der Waals surface area (Å²) in [5, 5.41) is 8.46. The number of aliphatic hydroxyl groups is 1. The van der Waals surface area contributed by atoms with E-state index in [2.05, 4.69) is 0 Å². The van der Waals surface area contributed by atoms with Crippen LogP contribution >= 0.6 is 0 Å². The van der Waals surface area contributed by atoms with Crippen LogP contribution in [0.2, 0.25) is 0 Å². The summed E-state index contributed by atoms with van der Waals surface area (Å²) in [5.41, 5.74) is 0. The zero-order valence-electron chi connectivity index (χ0n) is 5.67. The van der Waals surface area contributed by atoms with Gasteiger partial charge in [0.15, 0.2) is 0 Å². The van der Waals surface area contributed by atoms with Gasteiger partial charge < -0.3 is 5.11 Å². The Morgan fingerprint density at radius 2 is 1.80 bits per heavy atom. The molecule has 0 radical (unpaired) electrons. The zero-order valence-corrected chi connectivity index (χ0v) is 5.67. The maximum absolute atomic E-state index is 10.8. The third-order valence-corrected chi connectivity index (χ3v) is 1.81. The average molecular weight is 142 g/mol. The molecule has 10 heavy (non-hydrogen) atoms. The Hall–Kier alpha value is -0.700. The standard InChI is InChI=1S/C7H10O3/c8-4-3-5-6(9)1-2-7(5)10/h5,8H,1-4H2. The number of hydrogen-bond acceptors (Lipinski definition) is 3. The van der Waals surface area contributed by atoms with Gasteiger partial charge in [0.05, 0.1) is 5.92 Å². The highest BCUT2D eigenvalue weighted by atomic mass is 16.3. The molecule has 3 heteroatoms. The van der Waals surface area contributed by atoms with Crippen LogP contribution in [0.3, 0.4) is 0 Å². The molecule has 0 aromatic carbocycles. The fourth-order valence-corrected chi connectivity index (χ4v) is 1.23. The first-order chi connectivity index (χ1) is 4.75. The molecule has 0 aromatic rings. The van der Waals surface area contributed by atoms with Gasteiger partial charge in [-0.2, -0.15) is 0 Å². The number of carbonyl (C=O) groups excluding carboxylic acids is 2. The van der Waals surface area contributed by atoms with Gasteiger partial charge in [-0.05, 0) is 6.42 Å². The highest BCUT2D eigenvalue weighted by molar-refractivity contribution is 6.08. The van der Waals surface area contributed by atoms with Gasteiger partial charge in [0.2, 0.25) is 0 Å². The Balaban J connectivity index is 2.54. The van der Waals surface area contributed by atoms with Crippen molar-refractivity contribution in [3.63, 3.8) is 0 Å². The smallest absolute Gasteiger partial charge is 0.143 e. The normalized spacial score (nSPS) is 20.5. The van der Waals surface area contributed by atoms with Crippen molar-refractivity contribution < 1.29 is 14.7 Å². The second-order valence-electron chi connectivity index (χ2n) is 2.50. The highest BCUT2D eigenvalue weighted by Crippen LogP contribution is 2.19. The Kier molecular flexibility index (Phi) is 2.17. The van der Waals surface area contributed by atoms with Crippen LogP contribution in [0.5, 0.6) is 0 Å². The summed E-state index contributed by atoms with van der Waals surface area (Å²) in [6, 6.07) is 0. The van der Waals surface area contributed by atoms with E-state index in [9.17, 15) is 9.59 Å². The summed E-state index contributed by atoms with van der Waals surface area (Å²) in [4.78, 5) is 21.7. The van der Waals surface area contributed by atoms with Crippen molar-refractivity contribution >= 4 is 11.6 Å². The monoisotopic (exact) mass is 142 g/mol. The molecular weight excluding hydrogens is 132 g/mol. The summed E-state index contributed by atoms with van der Waals surface area (Å²) in [6.07, 6.45) is 1.07. The molecule has 1 rings (SSSR count). The molecule has 0 amide bonds. The second kappa shape index (κ2) is 2.92. The predicted octanol–water partition coefficient (Wildman–Crippen LogP) is -0.0830. The van der Waals surface area contributed by atoms with E-state index in [1.54, 1.807) is 0 Å². The summed E-state index contributed by atoms with van der Waals surface area (Å²) in [5.74, 6) is -0.483. The van der Waals surface area contributed by atoms with Gasteiger partial charge in [0.25, 0.3) is 0 Å². The molecule has 1 aliphatic rings. The fraction of sp³-hybridized carbons (Fsp3) is 0.714. The Morgan fingerprint density at radius 1 is 1.30 bits per heavy atom. The minimum absolute atomic E-state index is 0.000880. The molecule has 1 N–H and O–H groups in total. The van der Waals surface area contributed by atoms with E-state index in [-0.39, 0.29) is 18.2 Å². The van der Waals surface area contributed by atoms with E-state index in [1.165, 1.54) is 0 Å². The van der Waals surface area contributed by atoms with Gasteiger partial charge in [-0.3, -0.25) is 9.59 Å². The highest BCUT2D eigenvalue weighted by Gasteiger charge is 2.31. The Labute approximate surface area is 59.0 Å². The lowest BCUT2D eigenvalue weighted by atomic mass is 10.0. The number of hydrogen-bond donors (Lipinski definition) is 1. The van der Waals surface area contributed by atoms with Crippen LogP contribution in [0.4, 0.5) is 0 Å². The van der Waals surface area contributed by atoms with E-state index in [0.717, 1.165) is 0 Å². The lowest BCUT2D eigenvalue weighted by Crippen LogP contribution is -2.15. The van der Waals surface area contributed by atoms with Crippen molar-refractivity contribution in [3.8, 4) is 0 Å². The molecule has 56 valence electrons. The van der Waals surface area contributed by atoms with Crippen LogP contribution in [0.1, 0.15) is 19.3 Å². The molecule has 0 heterocycles. The average Bonchev–Trinajstić information content (AvgIpc) is 2.20. The van der Waals surface area contributed by atoms with Crippen LogP contribution in [0.15, 0.2) is 0 Å². The van der Waals surface area contributed by atoms with Crippen LogP contribution in [0, 0.1) is 5.92 Å². The lowest BCUT2D eigenvalue weighted by molar-refractivity contribution is -0.127. The van der Waals surface area contributed by atoms with Gasteiger partial charge >= 0.3 is 0 Å². The quantitative estimate of drug-likeness (QED) is 0.548. The van der Waals surface area contributed by atoms with Crippen molar-refractivity contribution in [1.29, 1.82) is 0 Å². The molecule has 1 fully saturated rings. The van der Waals surface area contributed by atoms with E-state index in [1.807, 2.05) is 0 Å². The molecule has 0 aliphatic heterocycles. The molecule has 0 atom stereocenters. The molecule has 1 aliphatic carbocycles. The number of Topliss-reactive ketones (excluding diaryl/α,β-unsaturated/α-hetero) is 2. The fourth-order valence-electron chi connectivity index (χ4n) is 1.23. The number of rotatable bonds is 2. The van der Waals surface area contributed by atoms with Gasteiger partial charge in [-0.25, -0.2) is 0 Å². The SMILES string of the molecule is O=C1CCC(=O)C1CCO. The molecule has 0 saturated heterocycles. The summed E-state index contributed by atoms with van der Waals surface area (Å²) >= 11 is 0. The molecular formula is C7H10O3. The van der Waals surface area contributed by atoms with Crippen LogP contribution in [-0.4, -0.2) is 23.3 Å². The molecule has 0 bridgehead atoms. The van der Waals surface area contributed by atoms with Gasteiger partial charge in [-0.15, -0.1) is 0 Å². The van der Waals surface area contributed by atoms with E-state index in [0.29, 0.717) is 19.3 Å². The third kappa shape index (κ3) is 1.24.